The number of carbonyl (C=O) groups excluding carboxylic acids is 1. The number of aliphatic hydroxyl groups is 2. The van der Waals surface area contributed by atoms with Crippen molar-refractivity contribution in [1.29, 1.82) is 0 Å². The van der Waals surface area contributed by atoms with Gasteiger partial charge in [-0.3, -0.25) is 4.79 Å². The van der Waals surface area contributed by atoms with Crippen LogP contribution in [0.4, 0.5) is 0 Å². The first-order valence-corrected chi connectivity index (χ1v) is 4.63. The van der Waals surface area contributed by atoms with Gasteiger partial charge >= 0.3 is 5.97 Å². The molecule has 0 amide bonds. The average Bonchev–Trinajstić information content (AvgIpc) is 2.31. The quantitative estimate of drug-likeness (QED) is 0.613. The lowest BCUT2D eigenvalue weighted by atomic mass is 9.99. The fraction of sp³-hybridized carbons (Fsp3) is 0.889. The molecule has 0 bridgehead atoms. The molecule has 1 heterocycles. The minimum atomic E-state index is -0.439. The van der Waals surface area contributed by atoms with Gasteiger partial charge in [-0.25, -0.2) is 0 Å². The number of esters is 1. The Morgan fingerprint density at radius 3 is 2.92 bits per heavy atom. The third-order valence-electron chi connectivity index (χ3n) is 2.25. The van der Waals surface area contributed by atoms with Gasteiger partial charge in [0.1, 0.15) is 6.10 Å². The topological polar surface area (TPSA) is 66.8 Å². The van der Waals surface area contributed by atoms with Gasteiger partial charge in [-0.2, -0.15) is 0 Å². The van der Waals surface area contributed by atoms with E-state index in [1.807, 2.05) is 0 Å². The Morgan fingerprint density at radius 2 is 2.38 bits per heavy atom. The number of hydrogen-bond donors (Lipinski definition) is 2. The van der Waals surface area contributed by atoms with E-state index in [-0.39, 0.29) is 24.6 Å². The van der Waals surface area contributed by atoms with Crippen LogP contribution in [0.3, 0.4) is 0 Å². The lowest BCUT2D eigenvalue weighted by molar-refractivity contribution is -0.145. The first-order valence-electron chi connectivity index (χ1n) is 4.63. The molecule has 0 aromatic carbocycles. The van der Waals surface area contributed by atoms with Gasteiger partial charge in [0.05, 0.1) is 12.0 Å². The molecular weight excluding hydrogens is 172 g/mol. The first kappa shape index (κ1) is 10.5. The second-order valence-electron chi connectivity index (χ2n) is 3.59. The highest BCUT2D eigenvalue weighted by molar-refractivity contribution is 5.74. The molecule has 0 saturated carbocycles. The lowest BCUT2D eigenvalue weighted by Gasteiger charge is -2.09. The summed E-state index contributed by atoms with van der Waals surface area (Å²) in [6, 6.07) is 0. The van der Waals surface area contributed by atoms with Crippen LogP contribution in [0.15, 0.2) is 0 Å². The highest BCUT2D eigenvalue weighted by Crippen LogP contribution is 2.26. The monoisotopic (exact) mass is 188 g/mol. The fourth-order valence-electron chi connectivity index (χ4n) is 1.64. The van der Waals surface area contributed by atoms with E-state index in [4.69, 9.17) is 14.9 Å². The normalized spacial score (nSPS) is 30.2. The van der Waals surface area contributed by atoms with Crippen LogP contribution in [0, 0.1) is 5.92 Å². The van der Waals surface area contributed by atoms with Crippen molar-refractivity contribution in [2.75, 3.05) is 6.61 Å². The molecule has 1 saturated heterocycles. The molecule has 1 aliphatic heterocycles. The van der Waals surface area contributed by atoms with Crippen molar-refractivity contribution in [2.24, 2.45) is 5.92 Å². The maximum atomic E-state index is 11.1. The van der Waals surface area contributed by atoms with E-state index in [1.54, 1.807) is 6.92 Å². The van der Waals surface area contributed by atoms with E-state index in [0.717, 1.165) is 0 Å². The lowest BCUT2D eigenvalue weighted by Crippen LogP contribution is -2.14. The largest absolute Gasteiger partial charge is 0.462 e. The Hall–Kier alpha value is -0.610. The SMILES string of the molecule is CC(O)CC1CC(CCO)C(=O)O1. The predicted octanol–water partition coefficient (Wildman–Crippen LogP) is 0.0714. The molecule has 0 spiro atoms. The van der Waals surface area contributed by atoms with Crippen molar-refractivity contribution >= 4 is 5.97 Å². The Kier molecular flexibility index (Phi) is 3.69. The van der Waals surface area contributed by atoms with Crippen LogP contribution in [0.1, 0.15) is 26.2 Å². The molecule has 0 aromatic heterocycles. The van der Waals surface area contributed by atoms with Crippen molar-refractivity contribution in [1.82, 2.24) is 0 Å². The molecule has 1 rings (SSSR count). The van der Waals surface area contributed by atoms with Crippen molar-refractivity contribution in [3.05, 3.63) is 0 Å². The maximum absolute atomic E-state index is 11.1. The maximum Gasteiger partial charge on any atom is 0.309 e. The second kappa shape index (κ2) is 4.58. The summed E-state index contributed by atoms with van der Waals surface area (Å²) < 4.78 is 5.03. The van der Waals surface area contributed by atoms with Gasteiger partial charge in [-0.05, 0) is 19.8 Å². The fourth-order valence-corrected chi connectivity index (χ4v) is 1.64. The van der Waals surface area contributed by atoms with Crippen LogP contribution in [0.25, 0.3) is 0 Å². The second-order valence-corrected chi connectivity index (χ2v) is 3.59. The third kappa shape index (κ3) is 2.97. The molecule has 2 N–H and O–H groups in total. The van der Waals surface area contributed by atoms with Crippen LogP contribution in [0.2, 0.25) is 0 Å². The number of ether oxygens (including phenoxy) is 1. The van der Waals surface area contributed by atoms with Gasteiger partial charge in [0.2, 0.25) is 0 Å². The smallest absolute Gasteiger partial charge is 0.309 e. The highest BCUT2D eigenvalue weighted by Gasteiger charge is 2.34. The third-order valence-corrected chi connectivity index (χ3v) is 2.25. The zero-order valence-corrected chi connectivity index (χ0v) is 7.77. The summed E-state index contributed by atoms with van der Waals surface area (Å²) in [6.07, 6.45) is 0.988. The van der Waals surface area contributed by atoms with Crippen molar-refractivity contribution in [2.45, 2.75) is 38.4 Å². The van der Waals surface area contributed by atoms with Gasteiger partial charge in [0.15, 0.2) is 0 Å². The molecule has 0 aromatic rings. The molecular formula is C9H16O4. The number of rotatable bonds is 4. The number of carbonyl (C=O) groups is 1. The Morgan fingerprint density at radius 1 is 1.69 bits per heavy atom. The average molecular weight is 188 g/mol. The molecule has 0 radical (unpaired) electrons. The molecule has 1 fully saturated rings. The zero-order chi connectivity index (χ0) is 9.84. The van der Waals surface area contributed by atoms with Gasteiger partial charge in [-0.1, -0.05) is 0 Å². The minimum Gasteiger partial charge on any atom is -0.462 e. The summed E-state index contributed by atoms with van der Waals surface area (Å²) >= 11 is 0. The molecule has 0 aliphatic carbocycles. The predicted molar refractivity (Wildman–Crippen MR) is 46.0 cm³/mol. The van der Waals surface area contributed by atoms with Crippen LogP contribution < -0.4 is 0 Å². The first-order chi connectivity index (χ1) is 6.13. The number of hydrogen-bond acceptors (Lipinski definition) is 4. The number of aliphatic hydroxyl groups excluding tert-OH is 2. The van der Waals surface area contributed by atoms with Gasteiger partial charge in [-0.15, -0.1) is 0 Å². The van der Waals surface area contributed by atoms with E-state index in [0.29, 0.717) is 19.3 Å². The van der Waals surface area contributed by atoms with Crippen LogP contribution in [-0.4, -0.2) is 35.0 Å². The molecule has 3 unspecified atom stereocenters. The van der Waals surface area contributed by atoms with Crippen molar-refractivity contribution < 1.29 is 19.7 Å². The molecule has 1 aliphatic rings. The van der Waals surface area contributed by atoms with E-state index in [2.05, 4.69) is 0 Å². The molecule has 13 heavy (non-hydrogen) atoms. The minimum absolute atomic E-state index is 0.0150. The number of cyclic esters (lactones) is 1. The summed E-state index contributed by atoms with van der Waals surface area (Å²) in [4.78, 5) is 11.1. The van der Waals surface area contributed by atoms with Gasteiger partial charge < -0.3 is 14.9 Å². The molecule has 4 heteroatoms. The standard InChI is InChI=1S/C9H16O4/c1-6(11)4-8-5-7(2-3-10)9(12)13-8/h6-8,10-11H,2-5H2,1H3. The van der Waals surface area contributed by atoms with Crippen LogP contribution in [-0.2, 0) is 9.53 Å². The summed E-state index contributed by atoms with van der Waals surface area (Å²) in [6.45, 7) is 1.69. The zero-order valence-electron chi connectivity index (χ0n) is 7.77. The van der Waals surface area contributed by atoms with E-state index >= 15 is 0 Å². The van der Waals surface area contributed by atoms with Crippen molar-refractivity contribution in [3.63, 3.8) is 0 Å². The molecule has 3 atom stereocenters. The Bertz CT molecular complexity index is 178. The van der Waals surface area contributed by atoms with Crippen LogP contribution >= 0.6 is 0 Å². The summed E-state index contributed by atoms with van der Waals surface area (Å²) in [5.41, 5.74) is 0. The van der Waals surface area contributed by atoms with E-state index in [1.165, 1.54) is 0 Å². The van der Waals surface area contributed by atoms with E-state index < -0.39 is 6.10 Å². The highest BCUT2D eigenvalue weighted by atomic mass is 16.6. The van der Waals surface area contributed by atoms with Gasteiger partial charge in [0.25, 0.3) is 0 Å². The van der Waals surface area contributed by atoms with E-state index in [9.17, 15) is 4.79 Å². The summed E-state index contributed by atoms with van der Waals surface area (Å²) in [7, 11) is 0. The summed E-state index contributed by atoms with van der Waals surface area (Å²) in [5.74, 6) is -0.409. The van der Waals surface area contributed by atoms with Crippen LogP contribution in [0.5, 0.6) is 0 Å². The molecule has 4 nitrogen and oxygen atoms in total. The van der Waals surface area contributed by atoms with Gasteiger partial charge in [0, 0.05) is 13.0 Å². The van der Waals surface area contributed by atoms with Crippen molar-refractivity contribution in [3.8, 4) is 0 Å². The Balaban J connectivity index is 2.36. The molecule has 76 valence electrons. The summed E-state index contributed by atoms with van der Waals surface area (Å²) in [5, 5.41) is 17.7. The Labute approximate surface area is 77.5 Å².